The highest BCUT2D eigenvalue weighted by molar-refractivity contribution is 7.88. The Morgan fingerprint density at radius 2 is 1.86 bits per heavy atom. The van der Waals surface area contributed by atoms with E-state index in [4.69, 9.17) is 0 Å². The van der Waals surface area contributed by atoms with Gasteiger partial charge in [0.2, 0.25) is 10.0 Å². The van der Waals surface area contributed by atoms with Crippen molar-refractivity contribution in [2.75, 3.05) is 32.4 Å². The number of carbonyl (C=O) groups excluding carboxylic acids is 2. The number of aromatic nitrogens is 3. The number of carbonyl (C=O) groups is 2. The van der Waals surface area contributed by atoms with Crippen LogP contribution in [0.3, 0.4) is 0 Å². The summed E-state index contributed by atoms with van der Waals surface area (Å²) in [6, 6.07) is 4.45. The van der Waals surface area contributed by atoms with Gasteiger partial charge in [0.15, 0.2) is 0 Å². The first-order chi connectivity index (χ1) is 17.5. The molecule has 2 aromatic rings. The Morgan fingerprint density at radius 1 is 1.22 bits per heavy atom. The molecule has 2 N–H and O–H groups in total. The molecule has 1 aromatic heterocycles. The third-order valence-electron chi connectivity index (χ3n) is 8.16. The molecule has 2 fully saturated rings. The van der Waals surface area contributed by atoms with Crippen LogP contribution in [-0.4, -0.2) is 78.0 Å². The lowest BCUT2D eigenvalue weighted by Crippen LogP contribution is -2.66. The standard InChI is InChI=1S/C25H36FN6O4S/c1-19(33)32(24(34)23(30-37(2,35)36)15-20-3-5-22(26)6-4-20)13-7-21(8-14-32)25(9-11-27-12-10-25)16-31-18-28-17-29-31/h3-6,17-18,21,23,27,30H,7-16H2,1-2H3/q+1/t21?,23-,32?/m0/s1. The van der Waals surface area contributed by atoms with Crippen LogP contribution in [0.15, 0.2) is 36.9 Å². The number of benzene rings is 1. The summed E-state index contributed by atoms with van der Waals surface area (Å²) in [4.78, 5) is 31.1. The van der Waals surface area contributed by atoms with Crippen molar-refractivity contribution >= 4 is 21.8 Å². The van der Waals surface area contributed by atoms with Gasteiger partial charge in [-0.1, -0.05) is 12.1 Å². The van der Waals surface area contributed by atoms with Crippen LogP contribution >= 0.6 is 0 Å². The summed E-state index contributed by atoms with van der Waals surface area (Å²) in [5.41, 5.74) is 0.585. The van der Waals surface area contributed by atoms with E-state index < -0.39 is 32.3 Å². The third-order valence-corrected chi connectivity index (χ3v) is 8.87. The molecular weight excluding hydrogens is 499 g/mol. The number of piperidine rings is 2. The Morgan fingerprint density at radius 3 is 2.41 bits per heavy atom. The molecule has 1 atom stereocenters. The highest BCUT2D eigenvalue weighted by Crippen LogP contribution is 2.45. The zero-order chi connectivity index (χ0) is 26.7. The number of nitrogens with zero attached hydrogens (tertiary/aromatic N) is 4. The monoisotopic (exact) mass is 535 g/mol. The molecule has 0 spiro atoms. The molecule has 0 radical (unpaired) electrons. The minimum absolute atomic E-state index is 0.0204. The molecule has 12 heteroatoms. The molecule has 2 aliphatic rings. The second-order valence-corrected chi connectivity index (χ2v) is 12.3. The molecule has 1 aromatic carbocycles. The molecule has 0 aliphatic carbocycles. The number of sulfonamides is 1. The van der Waals surface area contributed by atoms with E-state index >= 15 is 0 Å². The number of hydrogen-bond donors (Lipinski definition) is 2. The Labute approximate surface area is 217 Å². The second-order valence-electron chi connectivity index (χ2n) is 10.5. The summed E-state index contributed by atoms with van der Waals surface area (Å²) in [5.74, 6) is -0.889. The zero-order valence-corrected chi connectivity index (χ0v) is 22.2. The zero-order valence-electron chi connectivity index (χ0n) is 21.4. The minimum atomic E-state index is -3.74. The molecule has 0 unspecified atom stereocenters. The number of likely N-dealkylation sites (tertiary alicyclic amines) is 1. The number of quaternary nitrogens is 1. The number of nitrogens with one attached hydrogen (secondary N) is 2. The first-order valence-electron chi connectivity index (χ1n) is 12.7. The van der Waals surface area contributed by atoms with Crippen LogP contribution < -0.4 is 10.0 Å². The lowest BCUT2D eigenvalue weighted by atomic mass is 9.65. The van der Waals surface area contributed by atoms with Crippen molar-refractivity contribution in [3.63, 3.8) is 0 Å². The quantitative estimate of drug-likeness (QED) is 0.488. The van der Waals surface area contributed by atoms with Crippen molar-refractivity contribution in [2.24, 2.45) is 11.3 Å². The molecule has 2 aliphatic heterocycles. The summed E-state index contributed by atoms with van der Waals surface area (Å²) in [7, 11) is -3.74. The van der Waals surface area contributed by atoms with Crippen LogP contribution in [0.4, 0.5) is 4.39 Å². The van der Waals surface area contributed by atoms with Gasteiger partial charge < -0.3 is 5.32 Å². The van der Waals surface area contributed by atoms with E-state index in [2.05, 4.69) is 20.1 Å². The van der Waals surface area contributed by atoms with Gasteiger partial charge in [0.05, 0.1) is 26.3 Å². The van der Waals surface area contributed by atoms with Gasteiger partial charge in [0.25, 0.3) is 0 Å². The van der Waals surface area contributed by atoms with Crippen molar-refractivity contribution in [1.82, 2.24) is 24.8 Å². The van der Waals surface area contributed by atoms with Crippen LogP contribution in [0.2, 0.25) is 0 Å². The predicted octanol–water partition coefficient (Wildman–Crippen LogP) is 1.25. The highest BCUT2D eigenvalue weighted by atomic mass is 32.2. The molecule has 2 amide bonds. The van der Waals surface area contributed by atoms with Gasteiger partial charge in [0, 0.05) is 25.8 Å². The van der Waals surface area contributed by atoms with Crippen LogP contribution in [0.25, 0.3) is 0 Å². The highest BCUT2D eigenvalue weighted by Gasteiger charge is 2.52. The average Bonchev–Trinajstić information content (AvgIpc) is 3.37. The fourth-order valence-corrected chi connectivity index (χ4v) is 6.86. The maximum absolute atomic E-state index is 13.9. The number of imide groups is 1. The molecular formula is C25H36FN6O4S+. The van der Waals surface area contributed by atoms with E-state index in [1.165, 1.54) is 37.5 Å². The molecule has 37 heavy (non-hydrogen) atoms. The van der Waals surface area contributed by atoms with Crippen molar-refractivity contribution in [1.29, 1.82) is 0 Å². The summed E-state index contributed by atoms with van der Waals surface area (Å²) >= 11 is 0. The van der Waals surface area contributed by atoms with E-state index in [1.54, 1.807) is 6.33 Å². The normalized spacial score (nSPS) is 24.9. The second kappa shape index (κ2) is 11.1. The number of rotatable bonds is 8. The lowest BCUT2D eigenvalue weighted by Gasteiger charge is -2.48. The van der Waals surface area contributed by atoms with E-state index in [-0.39, 0.29) is 23.7 Å². The number of hydrogen-bond acceptors (Lipinski definition) is 7. The van der Waals surface area contributed by atoms with E-state index in [9.17, 15) is 22.4 Å². The van der Waals surface area contributed by atoms with Crippen molar-refractivity contribution < 1.29 is 26.9 Å². The molecule has 0 saturated carbocycles. The van der Waals surface area contributed by atoms with Crippen molar-refractivity contribution in [3.05, 3.63) is 48.3 Å². The largest absolute Gasteiger partial charge is 0.339 e. The minimum Gasteiger partial charge on any atom is -0.317 e. The van der Waals surface area contributed by atoms with Gasteiger partial charge >= 0.3 is 11.8 Å². The molecule has 2 saturated heterocycles. The fourth-order valence-electron chi connectivity index (χ4n) is 6.16. The Kier molecular flexibility index (Phi) is 8.22. The van der Waals surface area contributed by atoms with Gasteiger partial charge in [-0.15, -0.1) is 0 Å². The Bertz CT molecular complexity index is 1190. The molecule has 10 nitrogen and oxygen atoms in total. The maximum atomic E-state index is 13.9. The van der Waals surface area contributed by atoms with Gasteiger partial charge in [0.1, 0.15) is 24.5 Å². The molecule has 4 rings (SSSR count). The van der Waals surface area contributed by atoms with Gasteiger partial charge in [-0.3, -0.25) is 4.68 Å². The Balaban J connectivity index is 1.57. The summed E-state index contributed by atoms with van der Waals surface area (Å²) in [6.07, 6.45) is 7.55. The van der Waals surface area contributed by atoms with E-state index in [1.807, 2.05) is 4.68 Å². The van der Waals surface area contributed by atoms with E-state index in [0.717, 1.165) is 38.7 Å². The van der Waals surface area contributed by atoms with Crippen LogP contribution in [0.5, 0.6) is 0 Å². The van der Waals surface area contributed by atoms with Crippen molar-refractivity contribution in [3.8, 4) is 0 Å². The predicted molar refractivity (Wildman–Crippen MR) is 135 cm³/mol. The van der Waals surface area contributed by atoms with Crippen LogP contribution in [0, 0.1) is 17.2 Å². The fraction of sp³-hybridized carbons (Fsp3) is 0.600. The van der Waals surface area contributed by atoms with Gasteiger partial charge in [-0.05, 0) is 55.0 Å². The lowest BCUT2D eigenvalue weighted by molar-refractivity contribution is -0.787. The summed E-state index contributed by atoms with van der Waals surface area (Å²) in [6.45, 7) is 4.57. The number of halogens is 1. The summed E-state index contributed by atoms with van der Waals surface area (Å²) < 4.78 is 41.7. The summed E-state index contributed by atoms with van der Waals surface area (Å²) in [5, 5.41) is 7.75. The average molecular weight is 536 g/mol. The smallest absolute Gasteiger partial charge is 0.317 e. The SMILES string of the molecule is CC(=O)[N+]1(C(=O)[C@H](Cc2ccc(F)cc2)NS(C)(=O)=O)CCC(C2(Cn3cncn3)CCNCC2)CC1. The number of amides is 2. The van der Waals surface area contributed by atoms with Crippen LogP contribution in [-0.2, 0) is 32.6 Å². The van der Waals surface area contributed by atoms with Crippen LogP contribution in [0.1, 0.15) is 38.2 Å². The molecule has 202 valence electrons. The Hall–Kier alpha value is -2.54. The molecule has 0 bridgehead atoms. The van der Waals surface area contributed by atoms with Gasteiger partial charge in [-0.2, -0.15) is 14.3 Å². The van der Waals surface area contributed by atoms with E-state index in [0.29, 0.717) is 31.5 Å². The van der Waals surface area contributed by atoms with Gasteiger partial charge in [-0.25, -0.2) is 27.4 Å². The molecule has 3 heterocycles. The third kappa shape index (κ3) is 6.31. The van der Waals surface area contributed by atoms with Crippen molar-refractivity contribution in [2.45, 2.75) is 51.6 Å². The topological polar surface area (TPSA) is 123 Å². The maximum Gasteiger partial charge on any atom is 0.339 e. The first-order valence-corrected chi connectivity index (χ1v) is 14.6. The first kappa shape index (κ1) is 27.5.